The van der Waals surface area contributed by atoms with Gasteiger partial charge in [-0.05, 0) is 41.3 Å². The molecular weight excluding hydrogens is 328 g/mol. The number of benzene rings is 1. The van der Waals surface area contributed by atoms with Crippen LogP contribution in [0.2, 0.25) is 0 Å². The van der Waals surface area contributed by atoms with E-state index in [1.165, 1.54) is 0 Å². The molecule has 2 aromatic rings. The first-order valence-electron chi connectivity index (χ1n) is 6.94. The van der Waals surface area contributed by atoms with E-state index in [1.54, 1.807) is 17.3 Å². The Morgan fingerprint density at radius 3 is 2.43 bits per heavy atom. The van der Waals surface area contributed by atoms with Gasteiger partial charge in [-0.2, -0.15) is 0 Å². The van der Waals surface area contributed by atoms with Gasteiger partial charge in [-0.3, -0.25) is 9.78 Å². The van der Waals surface area contributed by atoms with E-state index >= 15 is 0 Å². The van der Waals surface area contributed by atoms with Crippen LogP contribution in [-0.4, -0.2) is 22.8 Å². The van der Waals surface area contributed by atoms with Crippen LogP contribution in [0.4, 0.5) is 0 Å². The molecule has 3 nitrogen and oxygen atoms in total. The summed E-state index contributed by atoms with van der Waals surface area (Å²) in [5, 5.41) is 0. The minimum absolute atomic E-state index is 0.155. The van der Waals surface area contributed by atoms with Gasteiger partial charge in [0.25, 0.3) is 0 Å². The van der Waals surface area contributed by atoms with E-state index in [-0.39, 0.29) is 11.8 Å². The Hall–Kier alpha value is -1.68. The minimum atomic E-state index is 0.155. The predicted molar refractivity (Wildman–Crippen MR) is 87.9 cm³/mol. The highest BCUT2D eigenvalue weighted by Crippen LogP contribution is 2.19. The Kier molecular flexibility index (Phi) is 5.51. The lowest BCUT2D eigenvalue weighted by Gasteiger charge is -2.20. The fourth-order valence-corrected chi connectivity index (χ4v) is 2.44. The van der Waals surface area contributed by atoms with Crippen molar-refractivity contribution in [3.63, 3.8) is 0 Å². The molecule has 0 radical (unpaired) electrons. The van der Waals surface area contributed by atoms with Gasteiger partial charge < -0.3 is 4.90 Å². The Balaban J connectivity index is 1.92. The van der Waals surface area contributed by atoms with Crippen molar-refractivity contribution >= 4 is 21.8 Å². The number of nitrogens with zero attached hydrogens (tertiary/aromatic N) is 2. The van der Waals surface area contributed by atoms with Crippen molar-refractivity contribution < 1.29 is 4.79 Å². The van der Waals surface area contributed by atoms with Crippen molar-refractivity contribution in [1.82, 2.24) is 9.88 Å². The molecular formula is C17H19BrN2O. The van der Waals surface area contributed by atoms with Gasteiger partial charge in [0.05, 0.1) is 0 Å². The molecule has 1 amide bonds. The Bertz CT molecular complexity index is 583. The maximum absolute atomic E-state index is 12.3. The molecule has 0 unspecified atom stereocenters. The number of halogens is 1. The summed E-state index contributed by atoms with van der Waals surface area (Å²) in [5.41, 5.74) is 2.28. The fraction of sp³-hybridized carbons (Fsp3) is 0.294. The van der Waals surface area contributed by atoms with Gasteiger partial charge in [-0.15, -0.1) is 0 Å². The summed E-state index contributed by atoms with van der Waals surface area (Å²) in [5.74, 6) is 0.357. The van der Waals surface area contributed by atoms with E-state index in [4.69, 9.17) is 0 Å². The Morgan fingerprint density at radius 2 is 1.81 bits per heavy atom. The third-order valence-electron chi connectivity index (χ3n) is 3.51. The molecule has 1 heterocycles. The van der Waals surface area contributed by atoms with Crippen LogP contribution in [0.15, 0.2) is 53.3 Å². The predicted octanol–water partition coefficient (Wildman–Crippen LogP) is 4.00. The summed E-state index contributed by atoms with van der Waals surface area (Å²) in [7, 11) is 1.85. The molecule has 0 aliphatic carbocycles. The molecule has 0 spiro atoms. The fourth-order valence-electron chi connectivity index (χ4n) is 2.18. The van der Waals surface area contributed by atoms with Crippen molar-refractivity contribution in [1.29, 1.82) is 0 Å². The van der Waals surface area contributed by atoms with Gasteiger partial charge in [-0.25, -0.2) is 0 Å². The Morgan fingerprint density at radius 1 is 1.19 bits per heavy atom. The van der Waals surface area contributed by atoms with Crippen LogP contribution in [0.5, 0.6) is 0 Å². The van der Waals surface area contributed by atoms with Crippen molar-refractivity contribution in [2.24, 2.45) is 0 Å². The Labute approximate surface area is 134 Å². The number of amides is 1. The summed E-state index contributed by atoms with van der Waals surface area (Å²) in [6, 6.07) is 12.0. The maximum atomic E-state index is 12.3. The molecule has 21 heavy (non-hydrogen) atoms. The largest absolute Gasteiger partial charge is 0.341 e. The molecule has 0 aliphatic heterocycles. The zero-order chi connectivity index (χ0) is 15.2. The summed E-state index contributed by atoms with van der Waals surface area (Å²) in [6.45, 7) is 2.70. The van der Waals surface area contributed by atoms with Crippen LogP contribution in [0.25, 0.3) is 0 Å². The first-order valence-corrected chi connectivity index (χ1v) is 7.74. The third kappa shape index (κ3) is 4.67. The van der Waals surface area contributed by atoms with Crippen LogP contribution in [0.3, 0.4) is 0 Å². The molecule has 0 saturated carbocycles. The second-order valence-electron chi connectivity index (χ2n) is 5.26. The van der Waals surface area contributed by atoms with Gasteiger partial charge in [0.15, 0.2) is 0 Å². The van der Waals surface area contributed by atoms with Crippen LogP contribution >= 0.6 is 15.9 Å². The second kappa shape index (κ2) is 7.36. The van der Waals surface area contributed by atoms with Crippen LogP contribution in [0.1, 0.15) is 30.4 Å². The number of pyridine rings is 1. The number of hydrogen-bond donors (Lipinski definition) is 0. The quantitative estimate of drug-likeness (QED) is 0.819. The molecule has 0 aliphatic rings. The molecule has 0 bridgehead atoms. The summed E-state index contributed by atoms with van der Waals surface area (Å²) >= 11 is 3.41. The standard InChI is InChI=1S/C17H19BrN2O/c1-13(15-7-9-19-10-8-15)11-17(21)20(2)12-14-3-5-16(18)6-4-14/h3-10,13H,11-12H2,1-2H3/t13-/m0/s1. The molecule has 0 saturated heterocycles. The van der Waals surface area contributed by atoms with Gasteiger partial charge in [0.1, 0.15) is 0 Å². The van der Waals surface area contributed by atoms with Gasteiger partial charge in [0, 0.05) is 36.9 Å². The maximum Gasteiger partial charge on any atom is 0.223 e. The molecule has 2 rings (SSSR count). The van der Waals surface area contributed by atoms with E-state index in [0.717, 1.165) is 15.6 Å². The molecule has 1 aromatic heterocycles. The number of carbonyl (C=O) groups is 1. The van der Waals surface area contributed by atoms with Gasteiger partial charge in [-0.1, -0.05) is 35.0 Å². The number of rotatable bonds is 5. The van der Waals surface area contributed by atoms with E-state index < -0.39 is 0 Å². The van der Waals surface area contributed by atoms with Crippen LogP contribution < -0.4 is 0 Å². The molecule has 1 atom stereocenters. The van der Waals surface area contributed by atoms with Gasteiger partial charge >= 0.3 is 0 Å². The van der Waals surface area contributed by atoms with Crippen LogP contribution in [0, 0.1) is 0 Å². The zero-order valence-electron chi connectivity index (χ0n) is 12.3. The highest BCUT2D eigenvalue weighted by molar-refractivity contribution is 9.10. The smallest absolute Gasteiger partial charge is 0.223 e. The first kappa shape index (κ1) is 15.7. The average molecular weight is 347 g/mol. The SMILES string of the molecule is C[C@@H](CC(=O)N(C)Cc1ccc(Br)cc1)c1ccncc1. The van der Waals surface area contributed by atoms with E-state index in [0.29, 0.717) is 13.0 Å². The van der Waals surface area contributed by atoms with E-state index in [9.17, 15) is 4.79 Å². The molecule has 4 heteroatoms. The minimum Gasteiger partial charge on any atom is -0.341 e. The summed E-state index contributed by atoms with van der Waals surface area (Å²) < 4.78 is 1.05. The second-order valence-corrected chi connectivity index (χ2v) is 6.18. The lowest BCUT2D eigenvalue weighted by atomic mass is 9.98. The van der Waals surface area contributed by atoms with Crippen LogP contribution in [-0.2, 0) is 11.3 Å². The molecule has 0 fully saturated rings. The number of hydrogen-bond acceptors (Lipinski definition) is 2. The van der Waals surface area contributed by atoms with E-state index in [1.807, 2.05) is 43.4 Å². The average Bonchev–Trinajstić information content (AvgIpc) is 2.50. The highest BCUT2D eigenvalue weighted by Gasteiger charge is 2.15. The van der Waals surface area contributed by atoms with Gasteiger partial charge in [0.2, 0.25) is 5.91 Å². The van der Waals surface area contributed by atoms with Crippen molar-refractivity contribution in [3.05, 3.63) is 64.4 Å². The monoisotopic (exact) mass is 346 g/mol. The summed E-state index contributed by atoms with van der Waals surface area (Å²) in [4.78, 5) is 18.1. The van der Waals surface area contributed by atoms with Crippen molar-refractivity contribution in [3.8, 4) is 0 Å². The lowest BCUT2D eigenvalue weighted by molar-refractivity contribution is -0.130. The molecule has 110 valence electrons. The normalized spacial score (nSPS) is 12.0. The lowest BCUT2D eigenvalue weighted by Crippen LogP contribution is -2.27. The molecule has 0 N–H and O–H groups in total. The summed E-state index contributed by atoms with van der Waals surface area (Å²) in [6.07, 6.45) is 4.04. The number of carbonyl (C=O) groups excluding carboxylic acids is 1. The van der Waals surface area contributed by atoms with E-state index in [2.05, 4.69) is 27.8 Å². The van der Waals surface area contributed by atoms with Crippen molar-refractivity contribution in [2.45, 2.75) is 25.8 Å². The topological polar surface area (TPSA) is 33.2 Å². The third-order valence-corrected chi connectivity index (χ3v) is 4.04. The first-order chi connectivity index (χ1) is 10.1. The van der Waals surface area contributed by atoms with Crippen molar-refractivity contribution in [2.75, 3.05) is 7.05 Å². The zero-order valence-corrected chi connectivity index (χ0v) is 13.9. The number of aromatic nitrogens is 1. The molecule has 1 aromatic carbocycles. The highest BCUT2D eigenvalue weighted by atomic mass is 79.9.